The van der Waals surface area contributed by atoms with Crippen LogP contribution in [0.4, 0.5) is 11.5 Å². The van der Waals surface area contributed by atoms with Gasteiger partial charge in [0.15, 0.2) is 11.5 Å². The number of piperidine rings is 1. The number of aromatic nitrogens is 3. The minimum atomic E-state index is 0.245. The van der Waals surface area contributed by atoms with Gasteiger partial charge in [0.25, 0.3) is 0 Å². The third-order valence-electron chi connectivity index (χ3n) is 10.3. The fraction of sp³-hybridized carbons (Fsp3) is 0.421. The monoisotopic (exact) mass is 637 g/mol. The third kappa shape index (κ3) is 6.40. The van der Waals surface area contributed by atoms with Crippen molar-refractivity contribution in [1.29, 1.82) is 0 Å². The van der Waals surface area contributed by atoms with Crippen molar-refractivity contribution >= 4 is 40.0 Å². The first-order valence-corrected chi connectivity index (χ1v) is 17.1. The molecule has 7 nitrogen and oxygen atoms in total. The van der Waals surface area contributed by atoms with Gasteiger partial charge in [-0.15, -0.1) is 6.58 Å². The van der Waals surface area contributed by atoms with Crippen molar-refractivity contribution in [3.63, 3.8) is 0 Å². The molecule has 0 amide bonds. The van der Waals surface area contributed by atoms with Gasteiger partial charge in [0.2, 0.25) is 0 Å². The molecule has 2 aromatic heterocycles. The van der Waals surface area contributed by atoms with Gasteiger partial charge in [-0.1, -0.05) is 62.9 Å². The molecule has 0 spiro atoms. The average molecular weight is 638 g/mol. The van der Waals surface area contributed by atoms with Crippen LogP contribution in [0.25, 0.3) is 16.9 Å². The molecule has 6 rings (SSSR count). The van der Waals surface area contributed by atoms with Crippen molar-refractivity contribution in [3.8, 4) is 0 Å². The number of aryl methyl sites for hydroxylation is 1. The van der Waals surface area contributed by atoms with E-state index in [-0.39, 0.29) is 5.92 Å². The van der Waals surface area contributed by atoms with Gasteiger partial charge < -0.3 is 20.4 Å². The Balaban J connectivity index is 1.12. The first-order valence-electron chi connectivity index (χ1n) is 16.7. The molecule has 2 fully saturated rings. The second-order valence-corrected chi connectivity index (χ2v) is 13.6. The molecule has 3 aromatic rings. The van der Waals surface area contributed by atoms with E-state index in [0.717, 1.165) is 85.4 Å². The van der Waals surface area contributed by atoms with Crippen LogP contribution < -0.4 is 10.6 Å². The van der Waals surface area contributed by atoms with E-state index in [0.29, 0.717) is 23.6 Å². The quantitative estimate of drug-likeness (QED) is 0.221. The number of imidazole rings is 1. The molecular formula is C38H48ClN7. The van der Waals surface area contributed by atoms with E-state index in [2.05, 4.69) is 101 Å². The number of nitrogens with one attached hydrogen (secondary N) is 2. The molecule has 0 radical (unpaired) electrons. The normalized spacial score (nSPS) is 23.6. The summed E-state index contributed by atoms with van der Waals surface area (Å²) in [6.07, 6.45) is 15.2. The highest BCUT2D eigenvalue weighted by molar-refractivity contribution is 6.33. The number of hydrogen-bond donors (Lipinski definition) is 2. The molecule has 4 unspecified atom stereocenters. The van der Waals surface area contributed by atoms with Crippen LogP contribution in [0.15, 0.2) is 85.5 Å². The highest BCUT2D eigenvalue weighted by atomic mass is 35.5. The molecule has 4 heterocycles. The number of fused-ring (bicyclic) bond motifs is 1. The minimum Gasteiger partial charge on any atom is -0.372 e. The zero-order valence-electron chi connectivity index (χ0n) is 27.6. The lowest BCUT2D eigenvalue weighted by Crippen LogP contribution is -2.47. The number of piperazine rings is 1. The Labute approximate surface area is 279 Å². The van der Waals surface area contributed by atoms with Crippen LogP contribution in [0.1, 0.15) is 49.9 Å². The van der Waals surface area contributed by atoms with E-state index in [9.17, 15) is 0 Å². The van der Waals surface area contributed by atoms with E-state index in [1.165, 1.54) is 23.2 Å². The summed E-state index contributed by atoms with van der Waals surface area (Å²) in [5.41, 5.74) is 8.44. The van der Waals surface area contributed by atoms with Gasteiger partial charge in [0, 0.05) is 77.7 Å². The maximum Gasteiger partial charge on any atom is 0.180 e. The molecule has 2 aliphatic heterocycles. The first-order chi connectivity index (χ1) is 22.3. The molecule has 242 valence electrons. The van der Waals surface area contributed by atoms with Crippen molar-refractivity contribution in [1.82, 2.24) is 29.5 Å². The summed E-state index contributed by atoms with van der Waals surface area (Å²) >= 11 is 6.95. The van der Waals surface area contributed by atoms with Crippen LogP contribution >= 0.6 is 11.6 Å². The Morgan fingerprint density at radius 3 is 2.65 bits per heavy atom. The van der Waals surface area contributed by atoms with Crippen LogP contribution in [0.3, 0.4) is 0 Å². The van der Waals surface area contributed by atoms with Crippen LogP contribution in [-0.2, 0) is 0 Å². The number of nitrogens with zero attached hydrogens (tertiary/aromatic N) is 5. The Hall–Kier alpha value is -3.81. The van der Waals surface area contributed by atoms with Gasteiger partial charge in [-0.3, -0.25) is 4.40 Å². The lowest BCUT2D eigenvalue weighted by atomic mass is 9.83. The number of rotatable bonds is 10. The van der Waals surface area contributed by atoms with Gasteiger partial charge in [-0.05, 0) is 74.7 Å². The molecule has 3 aliphatic rings. The first kappa shape index (κ1) is 32.1. The highest BCUT2D eigenvalue weighted by Crippen LogP contribution is 2.39. The molecule has 8 heteroatoms. The van der Waals surface area contributed by atoms with Crippen molar-refractivity contribution in [2.24, 2.45) is 23.7 Å². The summed E-state index contributed by atoms with van der Waals surface area (Å²) in [6.45, 7) is 25.7. The Bertz CT molecular complexity index is 1680. The smallest absolute Gasteiger partial charge is 0.180 e. The van der Waals surface area contributed by atoms with Gasteiger partial charge in [-0.25, -0.2) is 9.97 Å². The summed E-state index contributed by atoms with van der Waals surface area (Å²) in [4.78, 5) is 14.3. The SMILES string of the molecule is C=CCCC1C=CC(c2cnc3c(Nc4ccc(C(=C)N5CCN(C(=C)C6CCNCC6C)CC5)c(C)c4)nccn23)=C(Cl)C1C. The predicted molar refractivity (Wildman–Crippen MR) is 193 cm³/mol. The summed E-state index contributed by atoms with van der Waals surface area (Å²) in [7, 11) is 0. The molecule has 2 saturated heterocycles. The van der Waals surface area contributed by atoms with Crippen molar-refractivity contribution in [3.05, 3.63) is 102 Å². The largest absolute Gasteiger partial charge is 0.372 e. The van der Waals surface area contributed by atoms with Crippen LogP contribution in [0.5, 0.6) is 0 Å². The number of halogens is 1. The topological polar surface area (TPSA) is 60.7 Å². The minimum absolute atomic E-state index is 0.245. The number of hydrogen-bond acceptors (Lipinski definition) is 6. The fourth-order valence-corrected chi connectivity index (χ4v) is 7.67. The number of anilines is 2. The van der Waals surface area contributed by atoms with Crippen molar-refractivity contribution in [2.75, 3.05) is 44.6 Å². The van der Waals surface area contributed by atoms with E-state index in [4.69, 9.17) is 16.6 Å². The lowest BCUT2D eigenvalue weighted by Gasteiger charge is -2.43. The highest BCUT2D eigenvalue weighted by Gasteiger charge is 2.29. The summed E-state index contributed by atoms with van der Waals surface area (Å²) < 4.78 is 2.07. The molecule has 1 aromatic carbocycles. The molecule has 4 atom stereocenters. The standard InChI is InChI=1S/C38H48ClN7/c1-7-8-9-30-10-12-34(36(39)27(30)4)35-24-42-38-37(41-16-17-46(35)38)43-31-11-13-32(25(2)22-31)28(5)44-18-20-45(21-19-44)29(6)33-14-15-40-23-26(33)3/h7,10-13,16-17,22,24,26-27,30,33,40H,1,5-6,8-9,14-15,18-21,23H2,2-4H3,(H,41,43). The predicted octanol–water partition coefficient (Wildman–Crippen LogP) is 7.87. The molecule has 0 saturated carbocycles. The second kappa shape index (κ2) is 13.9. The zero-order valence-corrected chi connectivity index (χ0v) is 28.4. The van der Waals surface area contributed by atoms with Gasteiger partial charge in [-0.2, -0.15) is 0 Å². The lowest BCUT2D eigenvalue weighted by molar-refractivity contribution is 0.173. The van der Waals surface area contributed by atoms with Gasteiger partial charge in [0.05, 0.1) is 11.9 Å². The average Bonchev–Trinajstić information content (AvgIpc) is 3.50. The Morgan fingerprint density at radius 1 is 1.13 bits per heavy atom. The van der Waals surface area contributed by atoms with E-state index >= 15 is 0 Å². The summed E-state index contributed by atoms with van der Waals surface area (Å²) in [6, 6.07) is 6.44. The van der Waals surface area contributed by atoms with Gasteiger partial charge >= 0.3 is 0 Å². The maximum absolute atomic E-state index is 6.95. The second-order valence-electron chi connectivity index (χ2n) is 13.2. The van der Waals surface area contributed by atoms with E-state index < -0.39 is 0 Å². The molecular weight excluding hydrogens is 590 g/mol. The fourth-order valence-electron chi connectivity index (χ4n) is 7.35. The van der Waals surface area contributed by atoms with E-state index in [1.54, 1.807) is 6.20 Å². The van der Waals surface area contributed by atoms with Crippen LogP contribution in [0, 0.1) is 30.6 Å². The summed E-state index contributed by atoms with van der Waals surface area (Å²) in [5, 5.41) is 7.90. The van der Waals surface area contributed by atoms with Gasteiger partial charge in [0.1, 0.15) is 0 Å². The maximum atomic E-state index is 6.95. The Morgan fingerprint density at radius 2 is 1.91 bits per heavy atom. The third-order valence-corrected chi connectivity index (χ3v) is 10.8. The summed E-state index contributed by atoms with van der Waals surface area (Å²) in [5.74, 6) is 2.57. The van der Waals surface area contributed by atoms with Crippen molar-refractivity contribution < 1.29 is 0 Å². The Kier molecular flexibility index (Phi) is 9.71. The van der Waals surface area contributed by atoms with Crippen LogP contribution in [-0.4, -0.2) is 63.4 Å². The molecule has 1 aliphatic carbocycles. The number of allylic oxidation sites excluding steroid dienone is 6. The molecule has 0 bridgehead atoms. The van der Waals surface area contributed by atoms with Crippen LogP contribution in [0.2, 0.25) is 0 Å². The molecule has 2 N–H and O–H groups in total. The number of benzene rings is 1. The zero-order chi connectivity index (χ0) is 32.4. The van der Waals surface area contributed by atoms with Crippen molar-refractivity contribution in [2.45, 2.75) is 40.0 Å². The van der Waals surface area contributed by atoms with E-state index in [1.807, 2.05) is 18.5 Å². The molecule has 46 heavy (non-hydrogen) atoms.